The van der Waals surface area contributed by atoms with Crippen molar-refractivity contribution in [2.45, 2.75) is 39.7 Å². The van der Waals surface area contributed by atoms with Crippen LogP contribution < -0.4 is 26.6 Å². The molecular weight excluding hydrogens is 570 g/mol. The van der Waals surface area contributed by atoms with Gasteiger partial charge in [0, 0.05) is 22.7 Å². The van der Waals surface area contributed by atoms with E-state index in [1.807, 2.05) is 63.2 Å². The number of carbonyl (C=O) groups is 4. The van der Waals surface area contributed by atoms with Gasteiger partial charge in [-0.25, -0.2) is 9.59 Å². The number of nitrogens with one attached hydrogen (secondary N) is 5. The second-order valence-electron chi connectivity index (χ2n) is 11.1. The first-order valence-corrected chi connectivity index (χ1v) is 14.6. The van der Waals surface area contributed by atoms with Crippen LogP contribution in [-0.2, 0) is 16.0 Å². The van der Waals surface area contributed by atoms with E-state index in [1.54, 1.807) is 42.5 Å². The van der Waals surface area contributed by atoms with Crippen molar-refractivity contribution in [3.63, 3.8) is 0 Å². The molecule has 6 N–H and O–H groups in total. The third kappa shape index (κ3) is 9.69. The maximum absolute atomic E-state index is 13.3. The van der Waals surface area contributed by atoms with E-state index in [-0.39, 0.29) is 29.8 Å². The molecule has 0 heterocycles. The lowest BCUT2D eigenvalue weighted by atomic mass is 10.0. The fourth-order valence-electron chi connectivity index (χ4n) is 4.66. The number of aryl methyl sites for hydroxylation is 1. The fourth-order valence-corrected chi connectivity index (χ4v) is 4.66. The molecule has 4 aromatic rings. The van der Waals surface area contributed by atoms with Crippen LogP contribution in [0, 0.1) is 12.8 Å². The van der Waals surface area contributed by atoms with Gasteiger partial charge in [-0.2, -0.15) is 0 Å². The average Bonchev–Trinajstić information content (AvgIpc) is 2.99. The number of benzene rings is 4. The van der Waals surface area contributed by atoms with Gasteiger partial charge in [-0.1, -0.05) is 62.4 Å². The van der Waals surface area contributed by atoms with Gasteiger partial charge in [-0.05, 0) is 78.9 Å². The molecule has 4 aromatic carbocycles. The minimum Gasteiger partial charge on any atom is -0.478 e. The Morgan fingerprint density at radius 1 is 0.711 bits per heavy atom. The Morgan fingerprint density at radius 2 is 1.38 bits per heavy atom. The van der Waals surface area contributed by atoms with Gasteiger partial charge in [0.2, 0.25) is 11.8 Å². The summed E-state index contributed by atoms with van der Waals surface area (Å²) in [6.07, 6.45) is 0.439. The normalized spacial score (nSPS) is 11.3. The van der Waals surface area contributed by atoms with Crippen LogP contribution in [0.3, 0.4) is 0 Å². The van der Waals surface area contributed by atoms with E-state index in [1.165, 1.54) is 12.1 Å². The summed E-state index contributed by atoms with van der Waals surface area (Å²) in [7, 11) is 0. The van der Waals surface area contributed by atoms with Crippen LogP contribution in [0.25, 0.3) is 0 Å². The zero-order valence-electron chi connectivity index (χ0n) is 25.4. The molecule has 0 aromatic heterocycles. The molecule has 4 amide bonds. The van der Waals surface area contributed by atoms with E-state index in [0.717, 1.165) is 5.56 Å². The molecule has 0 aliphatic heterocycles. The molecule has 0 aliphatic carbocycles. The molecule has 45 heavy (non-hydrogen) atoms. The summed E-state index contributed by atoms with van der Waals surface area (Å²) in [4.78, 5) is 50.5. The van der Waals surface area contributed by atoms with Crippen LogP contribution >= 0.6 is 0 Å². The van der Waals surface area contributed by atoms with Gasteiger partial charge in [0.1, 0.15) is 6.04 Å². The Labute approximate surface area is 262 Å². The number of aromatic carboxylic acids is 1. The highest BCUT2D eigenvalue weighted by molar-refractivity contribution is 6.01. The van der Waals surface area contributed by atoms with Crippen LogP contribution in [0.15, 0.2) is 97.1 Å². The van der Waals surface area contributed by atoms with Crippen molar-refractivity contribution < 1.29 is 24.3 Å². The summed E-state index contributed by atoms with van der Waals surface area (Å²) in [5.74, 6) is -1.74. The Kier molecular flexibility index (Phi) is 10.9. The second kappa shape index (κ2) is 15.2. The summed E-state index contributed by atoms with van der Waals surface area (Å²) in [6, 6.07) is 26.8. The van der Waals surface area contributed by atoms with E-state index in [4.69, 9.17) is 0 Å². The van der Waals surface area contributed by atoms with Gasteiger partial charge in [0.05, 0.1) is 17.7 Å². The summed E-state index contributed by atoms with van der Waals surface area (Å²) >= 11 is 0. The molecule has 0 fully saturated rings. The van der Waals surface area contributed by atoms with Gasteiger partial charge >= 0.3 is 12.0 Å². The molecule has 0 aliphatic rings. The highest BCUT2D eigenvalue weighted by atomic mass is 16.4. The lowest BCUT2D eigenvalue weighted by molar-refractivity contribution is -0.126. The van der Waals surface area contributed by atoms with Gasteiger partial charge in [-0.15, -0.1) is 0 Å². The van der Waals surface area contributed by atoms with E-state index >= 15 is 0 Å². The topological polar surface area (TPSA) is 149 Å². The van der Waals surface area contributed by atoms with Gasteiger partial charge < -0.3 is 31.7 Å². The number of carbonyl (C=O) groups excluding carboxylic acids is 3. The summed E-state index contributed by atoms with van der Waals surface area (Å²) < 4.78 is 0. The van der Waals surface area contributed by atoms with E-state index < -0.39 is 17.9 Å². The third-order valence-electron chi connectivity index (χ3n) is 6.90. The number of amides is 4. The molecule has 1 atom stereocenters. The fraction of sp³-hybridized carbons (Fsp3) is 0.200. The van der Waals surface area contributed by atoms with Crippen molar-refractivity contribution in [1.29, 1.82) is 0 Å². The SMILES string of the molecule is Cc1ccccc1NC(=O)Nc1ccc(CC(=O)N[C@@H](CC(C)C)C(=O)Nc2ccc(C(=O)O)c(Nc3ccccc3)c2)cc1. The van der Waals surface area contributed by atoms with Crippen molar-refractivity contribution in [3.8, 4) is 0 Å². The summed E-state index contributed by atoms with van der Waals surface area (Å²) in [6.45, 7) is 5.82. The first-order chi connectivity index (χ1) is 21.6. The first-order valence-electron chi connectivity index (χ1n) is 14.6. The Balaban J connectivity index is 1.37. The highest BCUT2D eigenvalue weighted by Crippen LogP contribution is 2.25. The van der Waals surface area contributed by atoms with Crippen molar-refractivity contribution in [2.75, 3.05) is 21.3 Å². The number of urea groups is 1. The summed E-state index contributed by atoms with van der Waals surface area (Å²) in [5.41, 5.74) is 4.39. The van der Waals surface area contributed by atoms with Crippen molar-refractivity contribution in [1.82, 2.24) is 5.32 Å². The Hall–Kier alpha value is -5.64. The lowest BCUT2D eigenvalue weighted by Crippen LogP contribution is -2.45. The first kappa shape index (κ1) is 32.3. The minimum atomic E-state index is -1.11. The Bertz CT molecular complexity index is 1660. The molecule has 0 saturated carbocycles. The maximum atomic E-state index is 13.3. The number of anilines is 5. The highest BCUT2D eigenvalue weighted by Gasteiger charge is 2.23. The number of carboxylic acids is 1. The smallest absolute Gasteiger partial charge is 0.337 e. The number of hydrogen-bond donors (Lipinski definition) is 6. The molecule has 0 bridgehead atoms. The zero-order valence-corrected chi connectivity index (χ0v) is 25.4. The predicted molar refractivity (Wildman–Crippen MR) is 177 cm³/mol. The quantitative estimate of drug-likeness (QED) is 0.104. The molecule has 0 saturated heterocycles. The predicted octanol–water partition coefficient (Wildman–Crippen LogP) is 6.79. The molecule has 10 heteroatoms. The van der Waals surface area contributed by atoms with Crippen LogP contribution in [0.1, 0.15) is 41.8 Å². The third-order valence-corrected chi connectivity index (χ3v) is 6.90. The van der Waals surface area contributed by atoms with Crippen molar-refractivity contribution in [3.05, 3.63) is 114 Å². The van der Waals surface area contributed by atoms with E-state index in [2.05, 4.69) is 26.6 Å². The number of para-hydroxylation sites is 2. The van der Waals surface area contributed by atoms with Gasteiger partial charge in [0.25, 0.3) is 0 Å². The van der Waals surface area contributed by atoms with Gasteiger partial charge in [0.15, 0.2) is 0 Å². The van der Waals surface area contributed by atoms with E-state index in [0.29, 0.717) is 40.4 Å². The minimum absolute atomic E-state index is 0.0377. The zero-order chi connectivity index (χ0) is 32.3. The van der Waals surface area contributed by atoms with Crippen LogP contribution in [0.4, 0.5) is 33.2 Å². The lowest BCUT2D eigenvalue weighted by Gasteiger charge is -2.21. The standard InChI is InChI=1S/C35H37N5O5/c1-22(2)19-31(33(42)37-27-17-18-28(34(43)44)30(21-27)36-25-10-5-4-6-11-25)39-32(41)20-24-13-15-26(16-14-24)38-35(45)40-29-12-8-7-9-23(29)3/h4-18,21-22,31,36H,19-20H2,1-3H3,(H,37,42)(H,39,41)(H,43,44)(H2,38,40,45)/t31-/m0/s1. The van der Waals surface area contributed by atoms with Crippen LogP contribution in [0.2, 0.25) is 0 Å². The molecule has 0 radical (unpaired) electrons. The number of rotatable bonds is 12. The molecule has 232 valence electrons. The van der Waals surface area contributed by atoms with Gasteiger partial charge in [-0.3, -0.25) is 9.59 Å². The molecule has 0 spiro atoms. The maximum Gasteiger partial charge on any atom is 0.337 e. The Morgan fingerprint density at radius 3 is 2.04 bits per heavy atom. The molecule has 0 unspecified atom stereocenters. The van der Waals surface area contributed by atoms with Crippen LogP contribution in [-0.4, -0.2) is 35.0 Å². The molecule has 10 nitrogen and oxygen atoms in total. The van der Waals surface area contributed by atoms with Crippen molar-refractivity contribution >= 4 is 52.3 Å². The van der Waals surface area contributed by atoms with Crippen molar-refractivity contribution in [2.24, 2.45) is 5.92 Å². The molecule has 4 rings (SSSR count). The largest absolute Gasteiger partial charge is 0.478 e. The van der Waals surface area contributed by atoms with E-state index in [9.17, 15) is 24.3 Å². The van der Waals surface area contributed by atoms with Crippen LogP contribution in [0.5, 0.6) is 0 Å². The average molecular weight is 608 g/mol. The number of carboxylic acid groups (broad SMARTS) is 1. The monoisotopic (exact) mass is 607 g/mol. The summed E-state index contributed by atoms with van der Waals surface area (Å²) in [5, 5.41) is 24.0. The second-order valence-corrected chi connectivity index (χ2v) is 11.1. The molecular formula is C35H37N5O5. The number of hydrogen-bond acceptors (Lipinski definition) is 5.